The van der Waals surface area contributed by atoms with Gasteiger partial charge in [0.15, 0.2) is 0 Å². The fraction of sp³-hybridized carbons (Fsp3) is 0.625. The van der Waals surface area contributed by atoms with Crippen LogP contribution in [-0.2, 0) is 11.8 Å². The van der Waals surface area contributed by atoms with Gasteiger partial charge in [0, 0.05) is 11.4 Å². The third-order valence-electron chi connectivity index (χ3n) is 3.45. The fourth-order valence-corrected chi connectivity index (χ4v) is 2.42. The Morgan fingerprint density at radius 3 is 2.53 bits per heavy atom. The summed E-state index contributed by atoms with van der Waals surface area (Å²) in [5.41, 5.74) is 2.12. The van der Waals surface area contributed by atoms with Crippen LogP contribution in [0.15, 0.2) is 18.2 Å². The van der Waals surface area contributed by atoms with Gasteiger partial charge in [-0.05, 0) is 24.0 Å². The molecule has 1 rings (SSSR count). The van der Waals surface area contributed by atoms with Crippen molar-refractivity contribution < 1.29 is 4.74 Å². The number of unbranched alkanes of at least 4 members (excludes halogenated alkanes) is 1. The summed E-state index contributed by atoms with van der Waals surface area (Å²) in [5, 5.41) is 0. The molecule has 3 heteroatoms. The summed E-state index contributed by atoms with van der Waals surface area (Å²) in [4.78, 5) is 0. The lowest BCUT2D eigenvalue weighted by atomic mass is 10.0. The second kappa shape index (κ2) is 9.50. The molecule has 1 atom stereocenters. The SMILES string of the molecule is CCCCC(CC)COc1cc(CCl)ccc1CCl. The van der Waals surface area contributed by atoms with Crippen molar-refractivity contribution in [3.8, 4) is 5.75 Å². The van der Waals surface area contributed by atoms with E-state index in [1.165, 1.54) is 19.3 Å². The minimum Gasteiger partial charge on any atom is -0.493 e. The van der Waals surface area contributed by atoms with E-state index in [9.17, 15) is 0 Å². The standard InChI is InChI=1S/C16H24Cl2O/c1-3-5-6-13(4-2)12-19-16-9-14(10-17)7-8-15(16)11-18/h7-9,13H,3-6,10-12H2,1-2H3. The molecule has 19 heavy (non-hydrogen) atoms. The topological polar surface area (TPSA) is 9.23 Å². The van der Waals surface area contributed by atoms with Crippen LogP contribution in [0.25, 0.3) is 0 Å². The molecule has 1 nitrogen and oxygen atoms in total. The normalized spacial score (nSPS) is 12.4. The number of ether oxygens (including phenoxy) is 1. The van der Waals surface area contributed by atoms with Crippen LogP contribution in [-0.4, -0.2) is 6.61 Å². The van der Waals surface area contributed by atoms with Crippen LogP contribution in [0.4, 0.5) is 0 Å². The van der Waals surface area contributed by atoms with Crippen molar-refractivity contribution in [1.29, 1.82) is 0 Å². The molecule has 1 aromatic carbocycles. The van der Waals surface area contributed by atoms with Gasteiger partial charge in [-0.3, -0.25) is 0 Å². The number of rotatable bonds is 9. The van der Waals surface area contributed by atoms with Crippen molar-refractivity contribution in [2.45, 2.75) is 51.3 Å². The van der Waals surface area contributed by atoms with Crippen LogP contribution in [0.1, 0.15) is 50.7 Å². The van der Waals surface area contributed by atoms with Crippen LogP contribution in [0.5, 0.6) is 5.75 Å². The van der Waals surface area contributed by atoms with E-state index in [0.717, 1.165) is 29.9 Å². The van der Waals surface area contributed by atoms with E-state index in [2.05, 4.69) is 13.8 Å². The number of hydrogen-bond acceptors (Lipinski definition) is 1. The molecule has 0 N–H and O–H groups in total. The molecule has 0 aliphatic carbocycles. The Balaban J connectivity index is 2.63. The molecule has 1 unspecified atom stereocenters. The van der Waals surface area contributed by atoms with Gasteiger partial charge in [0.1, 0.15) is 5.75 Å². The van der Waals surface area contributed by atoms with Crippen molar-refractivity contribution in [3.05, 3.63) is 29.3 Å². The Morgan fingerprint density at radius 2 is 1.95 bits per heavy atom. The summed E-state index contributed by atoms with van der Waals surface area (Å²) in [6.07, 6.45) is 4.90. The van der Waals surface area contributed by atoms with Crippen molar-refractivity contribution >= 4 is 23.2 Å². The van der Waals surface area contributed by atoms with Crippen molar-refractivity contribution in [1.82, 2.24) is 0 Å². The maximum absolute atomic E-state index is 5.98. The third kappa shape index (κ3) is 5.62. The van der Waals surface area contributed by atoms with E-state index in [1.807, 2.05) is 18.2 Å². The predicted octanol–water partition coefficient (Wildman–Crippen LogP) is 5.76. The molecular weight excluding hydrogens is 279 g/mol. The Kier molecular flexibility index (Phi) is 8.32. The van der Waals surface area contributed by atoms with Gasteiger partial charge in [-0.25, -0.2) is 0 Å². The first-order valence-corrected chi connectivity index (χ1v) is 8.18. The lowest BCUT2D eigenvalue weighted by molar-refractivity contribution is 0.232. The average molecular weight is 303 g/mol. The largest absolute Gasteiger partial charge is 0.493 e. The molecule has 108 valence electrons. The molecule has 0 aromatic heterocycles. The Labute approximate surface area is 127 Å². The first kappa shape index (κ1) is 16.7. The summed E-state index contributed by atoms with van der Waals surface area (Å²) in [5.74, 6) is 2.50. The van der Waals surface area contributed by atoms with Crippen LogP contribution in [0, 0.1) is 5.92 Å². The Morgan fingerprint density at radius 1 is 1.16 bits per heavy atom. The van der Waals surface area contributed by atoms with E-state index in [4.69, 9.17) is 27.9 Å². The van der Waals surface area contributed by atoms with Gasteiger partial charge >= 0.3 is 0 Å². The molecule has 0 fully saturated rings. The van der Waals surface area contributed by atoms with E-state index in [1.54, 1.807) is 0 Å². The van der Waals surface area contributed by atoms with Gasteiger partial charge in [0.05, 0.1) is 12.5 Å². The number of halogens is 2. The molecular formula is C16H24Cl2O. The zero-order valence-electron chi connectivity index (χ0n) is 11.9. The minimum absolute atomic E-state index is 0.476. The molecule has 0 saturated carbocycles. The average Bonchev–Trinajstić information content (AvgIpc) is 2.47. The van der Waals surface area contributed by atoms with Gasteiger partial charge in [-0.2, -0.15) is 0 Å². The molecule has 0 aliphatic rings. The summed E-state index contributed by atoms with van der Waals surface area (Å²) >= 11 is 11.8. The molecule has 0 bridgehead atoms. The number of alkyl halides is 2. The summed E-state index contributed by atoms with van der Waals surface area (Å²) in [6, 6.07) is 6.02. The monoisotopic (exact) mass is 302 g/mol. The Hall–Kier alpha value is -0.400. The van der Waals surface area contributed by atoms with E-state index < -0.39 is 0 Å². The molecule has 0 heterocycles. The van der Waals surface area contributed by atoms with Crippen LogP contribution in [0.3, 0.4) is 0 Å². The minimum atomic E-state index is 0.476. The van der Waals surface area contributed by atoms with E-state index in [0.29, 0.717) is 17.7 Å². The van der Waals surface area contributed by atoms with E-state index >= 15 is 0 Å². The maximum atomic E-state index is 5.98. The lowest BCUT2D eigenvalue weighted by Crippen LogP contribution is -2.12. The van der Waals surface area contributed by atoms with Gasteiger partial charge < -0.3 is 4.74 Å². The molecule has 0 radical (unpaired) electrons. The first-order valence-electron chi connectivity index (χ1n) is 7.11. The molecule has 0 amide bonds. The summed E-state index contributed by atoms with van der Waals surface area (Å²) < 4.78 is 5.98. The van der Waals surface area contributed by atoms with Crippen molar-refractivity contribution in [2.24, 2.45) is 5.92 Å². The van der Waals surface area contributed by atoms with Crippen LogP contribution in [0.2, 0.25) is 0 Å². The van der Waals surface area contributed by atoms with Gasteiger partial charge in [-0.1, -0.05) is 45.2 Å². The highest BCUT2D eigenvalue weighted by Crippen LogP contribution is 2.25. The van der Waals surface area contributed by atoms with Crippen molar-refractivity contribution in [3.63, 3.8) is 0 Å². The lowest BCUT2D eigenvalue weighted by Gasteiger charge is -2.17. The molecule has 0 saturated heterocycles. The summed E-state index contributed by atoms with van der Waals surface area (Å²) in [7, 11) is 0. The van der Waals surface area contributed by atoms with Crippen LogP contribution < -0.4 is 4.74 Å². The fourth-order valence-electron chi connectivity index (χ4n) is 2.03. The van der Waals surface area contributed by atoms with Gasteiger partial charge in [-0.15, -0.1) is 23.2 Å². The quantitative estimate of drug-likeness (QED) is 0.527. The predicted molar refractivity (Wildman–Crippen MR) is 84.4 cm³/mol. The molecule has 0 spiro atoms. The second-order valence-corrected chi connectivity index (χ2v) is 5.47. The highest BCUT2D eigenvalue weighted by atomic mass is 35.5. The van der Waals surface area contributed by atoms with Gasteiger partial charge in [0.2, 0.25) is 0 Å². The van der Waals surface area contributed by atoms with Gasteiger partial charge in [0.25, 0.3) is 0 Å². The van der Waals surface area contributed by atoms with Crippen molar-refractivity contribution in [2.75, 3.05) is 6.61 Å². The highest BCUT2D eigenvalue weighted by Gasteiger charge is 2.09. The van der Waals surface area contributed by atoms with E-state index in [-0.39, 0.29) is 0 Å². The molecule has 1 aromatic rings. The molecule has 0 aliphatic heterocycles. The summed E-state index contributed by atoms with van der Waals surface area (Å²) in [6.45, 7) is 5.22. The first-order chi connectivity index (χ1) is 9.24. The number of hydrogen-bond donors (Lipinski definition) is 0. The zero-order chi connectivity index (χ0) is 14.1. The maximum Gasteiger partial charge on any atom is 0.124 e. The second-order valence-electron chi connectivity index (χ2n) is 4.94. The van der Waals surface area contributed by atoms with Crippen LogP contribution >= 0.6 is 23.2 Å². The Bertz CT molecular complexity index is 366. The highest BCUT2D eigenvalue weighted by molar-refractivity contribution is 6.17. The smallest absolute Gasteiger partial charge is 0.124 e. The number of benzene rings is 1. The zero-order valence-corrected chi connectivity index (χ0v) is 13.4. The third-order valence-corrected chi connectivity index (χ3v) is 4.04.